The summed E-state index contributed by atoms with van der Waals surface area (Å²) in [5, 5.41) is 12.6. The first-order chi connectivity index (χ1) is 9.61. The molecule has 102 valence electrons. The van der Waals surface area contributed by atoms with Crippen molar-refractivity contribution < 1.29 is 14.7 Å². The number of aliphatic carboxylic acids is 1. The molecule has 5 nitrogen and oxygen atoms in total. The smallest absolute Gasteiger partial charge is 0.329 e. The number of fused-ring (bicyclic) bond motifs is 1. The molecule has 0 aliphatic heterocycles. The van der Waals surface area contributed by atoms with Crippen LogP contribution in [0.2, 0.25) is 0 Å². The number of nitrogens with zero attached hydrogens (tertiary/aromatic N) is 1. The van der Waals surface area contributed by atoms with E-state index in [9.17, 15) is 9.59 Å². The molecular formula is C15H14N2O3. The van der Waals surface area contributed by atoms with Crippen molar-refractivity contribution >= 4 is 22.8 Å². The van der Waals surface area contributed by atoms with Crippen molar-refractivity contribution in [1.29, 1.82) is 0 Å². The first-order valence-electron chi connectivity index (χ1n) is 6.48. The van der Waals surface area contributed by atoms with Gasteiger partial charge in [-0.1, -0.05) is 24.3 Å². The lowest BCUT2D eigenvalue weighted by molar-refractivity contribution is -0.143. The van der Waals surface area contributed by atoms with Crippen LogP contribution in [-0.4, -0.2) is 27.5 Å². The molecule has 0 unspecified atom stereocenters. The van der Waals surface area contributed by atoms with Crippen molar-refractivity contribution in [3.63, 3.8) is 0 Å². The first-order valence-corrected chi connectivity index (χ1v) is 6.48. The second-order valence-electron chi connectivity index (χ2n) is 5.10. The zero-order valence-corrected chi connectivity index (χ0v) is 10.8. The molecule has 1 aromatic carbocycles. The number of pyridine rings is 1. The molecule has 1 amide bonds. The number of carboxylic acid groups (broad SMARTS) is 1. The van der Waals surface area contributed by atoms with E-state index in [4.69, 9.17) is 5.11 Å². The molecule has 20 heavy (non-hydrogen) atoms. The van der Waals surface area contributed by atoms with Crippen molar-refractivity contribution in [3.05, 3.63) is 42.1 Å². The normalized spacial score (nSPS) is 15.8. The third kappa shape index (κ3) is 2.22. The summed E-state index contributed by atoms with van der Waals surface area (Å²) in [7, 11) is 0. The molecule has 1 aliphatic rings. The van der Waals surface area contributed by atoms with E-state index in [2.05, 4.69) is 10.3 Å². The maximum absolute atomic E-state index is 12.0. The van der Waals surface area contributed by atoms with Gasteiger partial charge in [-0.25, -0.2) is 4.79 Å². The highest BCUT2D eigenvalue weighted by Crippen LogP contribution is 2.35. The molecule has 1 aromatic heterocycles. The second kappa shape index (κ2) is 4.59. The number of carbonyl (C=O) groups excluding carboxylic acids is 1. The number of hydrogen-bond acceptors (Lipinski definition) is 3. The summed E-state index contributed by atoms with van der Waals surface area (Å²) in [5.74, 6) is -1.23. The lowest BCUT2D eigenvalue weighted by Crippen LogP contribution is -2.43. The average molecular weight is 270 g/mol. The molecule has 0 radical (unpaired) electrons. The van der Waals surface area contributed by atoms with Gasteiger partial charge in [0, 0.05) is 11.6 Å². The molecule has 1 heterocycles. The van der Waals surface area contributed by atoms with Gasteiger partial charge in [-0.3, -0.25) is 9.78 Å². The van der Waals surface area contributed by atoms with Gasteiger partial charge in [-0.15, -0.1) is 0 Å². The third-order valence-corrected chi connectivity index (χ3v) is 3.61. The summed E-state index contributed by atoms with van der Waals surface area (Å²) in [6.45, 7) is 0. The summed E-state index contributed by atoms with van der Waals surface area (Å²) >= 11 is 0. The van der Waals surface area contributed by atoms with Gasteiger partial charge in [0.05, 0.1) is 11.9 Å². The Hall–Kier alpha value is -2.43. The van der Waals surface area contributed by atoms with Crippen molar-refractivity contribution in [2.75, 3.05) is 0 Å². The zero-order chi connectivity index (χ0) is 14.2. The highest BCUT2D eigenvalue weighted by atomic mass is 16.4. The molecule has 0 spiro atoms. The molecule has 2 N–H and O–H groups in total. The van der Waals surface area contributed by atoms with Crippen LogP contribution in [0.4, 0.5) is 0 Å². The summed E-state index contributed by atoms with van der Waals surface area (Å²) < 4.78 is 0. The minimum absolute atomic E-state index is 0.142. The van der Waals surface area contributed by atoms with Gasteiger partial charge in [0.25, 0.3) is 0 Å². The van der Waals surface area contributed by atoms with E-state index in [0.717, 1.165) is 16.5 Å². The fourth-order valence-electron chi connectivity index (χ4n) is 2.31. The standard InChI is InChI=1S/C15H14N2O3/c18-12(17-15(6-7-15)14(19)20)9-11-4-1-3-10-5-2-8-16-13(10)11/h1-5,8H,6-7,9H2,(H,17,18)(H,19,20). The summed E-state index contributed by atoms with van der Waals surface area (Å²) in [5.41, 5.74) is 0.557. The number of benzene rings is 1. The maximum Gasteiger partial charge on any atom is 0.329 e. The molecule has 1 saturated carbocycles. The van der Waals surface area contributed by atoms with Gasteiger partial charge in [0.2, 0.25) is 5.91 Å². The predicted molar refractivity (Wildman–Crippen MR) is 73.2 cm³/mol. The number of nitrogens with one attached hydrogen (secondary N) is 1. The SMILES string of the molecule is O=C(Cc1cccc2cccnc12)NC1(C(=O)O)CC1. The summed E-state index contributed by atoms with van der Waals surface area (Å²) in [4.78, 5) is 27.4. The number of carboxylic acids is 1. The monoisotopic (exact) mass is 270 g/mol. The number of aromatic nitrogens is 1. The topological polar surface area (TPSA) is 79.3 Å². The van der Waals surface area contributed by atoms with Crippen LogP contribution >= 0.6 is 0 Å². The minimum Gasteiger partial charge on any atom is -0.480 e. The van der Waals surface area contributed by atoms with Crippen LogP contribution < -0.4 is 5.32 Å². The molecule has 1 aliphatic carbocycles. The van der Waals surface area contributed by atoms with Gasteiger partial charge >= 0.3 is 5.97 Å². The average Bonchev–Trinajstić information content (AvgIpc) is 3.20. The minimum atomic E-state index is -1.03. The van der Waals surface area contributed by atoms with Gasteiger partial charge in [-0.2, -0.15) is 0 Å². The van der Waals surface area contributed by atoms with Crippen LogP contribution in [0, 0.1) is 0 Å². The third-order valence-electron chi connectivity index (χ3n) is 3.61. The van der Waals surface area contributed by atoms with Crippen LogP contribution in [-0.2, 0) is 16.0 Å². The highest BCUT2D eigenvalue weighted by Gasteiger charge is 2.51. The van der Waals surface area contributed by atoms with Crippen LogP contribution in [0.5, 0.6) is 0 Å². The Balaban J connectivity index is 1.80. The fraction of sp³-hybridized carbons (Fsp3) is 0.267. The van der Waals surface area contributed by atoms with Crippen LogP contribution in [0.3, 0.4) is 0 Å². The van der Waals surface area contributed by atoms with Gasteiger partial charge in [0.15, 0.2) is 0 Å². The van der Waals surface area contributed by atoms with E-state index in [1.54, 1.807) is 6.20 Å². The Kier molecular flexibility index (Phi) is 2.89. The zero-order valence-electron chi connectivity index (χ0n) is 10.8. The molecule has 3 rings (SSSR count). The second-order valence-corrected chi connectivity index (χ2v) is 5.10. The van der Waals surface area contributed by atoms with E-state index in [0.29, 0.717) is 12.8 Å². The van der Waals surface area contributed by atoms with Crippen LogP contribution in [0.25, 0.3) is 10.9 Å². The molecular weight excluding hydrogens is 256 g/mol. The van der Waals surface area contributed by atoms with Crippen LogP contribution in [0.1, 0.15) is 18.4 Å². The van der Waals surface area contributed by atoms with Crippen molar-refractivity contribution in [2.24, 2.45) is 0 Å². The summed E-state index contributed by atoms with van der Waals surface area (Å²) in [6, 6.07) is 9.43. The van der Waals surface area contributed by atoms with Crippen molar-refractivity contribution in [1.82, 2.24) is 10.3 Å². The van der Waals surface area contributed by atoms with E-state index in [1.807, 2.05) is 30.3 Å². The molecule has 0 bridgehead atoms. The predicted octanol–water partition coefficient (Wildman–Crippen LogP) is 1.51. The Morgan fingerprint density at radius 2 is 2.00 bits per heavy atom. The van der Waals surface area contributed by atoms with E-state index < -0.39 is 11.5 Å². The van der Waals surface area contributed by atoms with Crippen molar-refractivity contribution in [3.8, 4) is 0 Å². The Labute approximate surface area is 115 Å². The number of rotatable bonds is 4. The van der Waals surface area contributed by atoms with Gasteiger partial charge < -0.3 is 10.4 Å². The molecule has 5 heteroatoms. The first kappa shape index (κ1) is 12.6. The number of hydrogen-bond donors (Lipinski definition) is 2. The lowest BCUT2D eigenvalue weighted by atomic mass is 10.1. The Morgan fingerprint density at radius 1 is 1.25 bits per heavy atom. The lowest BCUT2D eigenvalue weighted by Gasteiger charge is -2.12. The Morgan fingerprint density at radius 3 is 2.70 bits per heavy atom. The van der Waals surface area contributed by atoms with Crippen molar-refractivity contribution in [2.45, 2.75) is 24.8 Å². The highest BCUT2D eigenvalue weighted by molar-refractivity contribution is 5.92. The Bertz CT molecular complexity index is 687. The van der Waals surface area contributed by atoms with E-state index in [1.165, 1.54) is 0 Å². The number of carbonyl (C=O) groups is 2. The number of amides is 1. The molecule has 1 fully saturated rings. The largest absolute Gasteiger partial charge is 0.480 e. The molecule has 0 atom stereocenters. The summed E-state index contributed by atoms with van der Waals surface area (Å²) in [6.07, 6.45) is 2.83. The van der Waals surface area contributed by atoms with E-state index >= 15 is 0 Å². The quantitative estimate of drug-likeness (QED) is 0.882. The molecule has 2 aromatic rings. The maximum atomic E-state index is 12.0. The fourth-order valence-corrected chi connectivity index (χ4v) is 2.31. The van der Waals surface area contributed by atoms with Gasteiger partial charge in [0.1, 0.15) is 5.54 Å². The van der Waals surface area contributed by atoms with Crippen LogP contribution in [0.15, 0.2) is 36.5 Å². The molecule has 0 saturated heterocycles. The number of para-hydroxylation sites is 1. The van der Waals surface area contributed by atoms with E-state index in [-0.39, 0.29) is 12.3 Å². The van der Waals surface area contributed by atoms with Gasteiger partial charge in [-0.05, 0) is 24.5 Å².